The van der Waals surface area contributed by atoms with Crippen LogP contribution in [0.25, 0.3) is 0 Å². The van der Waals surface area contributed by atoms with E-state index in [1.54, 1.807) is 0 Å². The Hall–Kier alpha value is -1.99. The summed E-state index contributed by atoms with van der Waals surface area (Å²) in [7, 11) is -2.54. The van der Waals surface area contributed by atoms with E-state index in [0.29, 0.717) is 0 Å². The highest BCUT2D eigenvalue weighted by Crippen LogP contribution is 2.33. The fourth-order valence-corrected chi connectivity index (χ4v) is 1.17. The van der Waals surface area contributed by atoms with Gasteiger partial charge in [-0.05, 0) is 10.6 Å². The Balaban J connectivity index is 3.03. The Morgan fingerprint density at radius 1 is 1.50 bits per heavy atom. The average molecular weight is 211 g/mol. The van der Waals surface area contributed by atoms with E-state index in [1.165, 1.54) is 30.1 Å². The van der Waals surface area contributed by atoms with Gasteiger partial charge in [-0.2, -0.15) is 0 Å². The molecule has 0 amide bonds. The molecule has 0 aromatic heterocycles. The van der Waals surface area contributed by atoms with Crippen LogP contribution >= 0.6 is 8.03 Å². The molecule has 0 fully saturated rings. The lowest BCUT2D eigenvalue weighted by Gasteiger charge is -1.93. The van der Waals surface area contributed by atoms with Crippen LogP contribution in [0.3, 0.4) is 0 Å². The first-order valence-corrected chi connectivity index (χ1v) is 4.61. The molecule has 1 unspecified atom stereocenters. The van der Waals surface area contributed by atoms with Gasteiger partial charge in [-0.3, -0.25) is 10.1 Å². The van der Waals surface area contributed by atoms with Gasteiger partial charge in [0.1, 0.15) is 0 Å². The van der Waals surface area contributed by atoms with Gasteiger partial charge < -0.3 is 0 Å². The summed E-state index contributed by atoms with van der Waals surface area (Å²) in [4.78, 5) is 9.77. The van der Waals surface area contributed by atoms with Crippen LogP contribution in [0.4, 0.5) is 5.69 Å². The zero-order valence-corrected chi connectivity index (χ0v) is 7.68. The van der Waals surface area contributed by atoms with Gasteiger partial charge >= 0.3 is 19.5 Å². The topological polar surface area (TPSA) is 93.2 Å². The Bertz CT molecular complexity index is 426. The monoisotopic (exact) mass is 211 g/mol. The molecule has 1 aromatic carbocycles. The molecule has 0 saturated heterocycles. The van der Waals surface area contributed by atoms with Crippen LogP contribution in [0.2, 0.25) is 0 Å². The van der Waals surface area contributed by atoms with Gasteiger partial charge in [0, 0.05) is 6.07 Å². The Labute approximate surface area is 79.7 Å². The maximum absolute atomic E-state index is 10.7. The summed E-state index contributed by atoms with van der Waals surface area (Å²) in [6, 6.07) is 5.42. The summed E-state index contributed by atoms with van der Waals surface area (Å²) >= 11 is 0. The van der Waals surface area contributed by atoms with Gasteiger partial charge in [-0.25, -0.2) is 4.52 Å². The first kappa shape index (κ1) is 10.1. The Morgan fingerprint density at radius 2 is 2.14 bits per heavy atom. The molecule has 0 bridgehead atoms. The van der Waals surface area contributed by atoms with Crippen molar-refractivity contribution in [2.45, 2.75) is 0 Å². The minimum absolute atomic E-state index is 0.167. The van der Waals surface area contributed by atoms with Crippen molar-refractivity contribution in [1.29, 1.82) is 5.26 Å². The lowest BCUT2D eigenvalue weighted by molar-refractivity contribution is -0.385. The Morgan fingerprint density at radius 3 is 2.71 bits per heavy atom. The number of hydrogen-bond acceptors (Lipinski definition) is 5. The summed E-state index contributed by atoms with van der Waals surface area (Å²) in [5.74, 6) is 1.18. The van der Waals surface area contributed by atoms with Crippen molar-refractivity contribution in [1.82, 2.24) is 0 Å². The molecular formula is C7H4N2O4P+. The van der Waals surface area contributed by atoms with E-state index in [-0.39, 0.29) is 11.4 Å². The second kappa shape index (κ2) is 4.30. The summed E-state index contributed by atoms with van der Waals surface area (Å²) < 4.78 is 15.3. The molecule has 0 aliphatic rings. The fourth-order valence-electron chi connectivity index (χ4n) is 0.795. The van der Waals surface area contributed by atoms with Crippen molar-refractivity contribution in [2.24, 2.45) is 0 Å². The van der Waals surface area contributed by atoms with Crippen molar-refractivity contribution in [2.75, 3.05) is 0 Å². The van der Waals surface area contributed by atoms with Gasteiger partial charge in [0.25, 0.3) is 5.75 Å². The average Bonchev–Trinajstić information content (AvgIpc) is 2.18. The van der Waals surface area contributed by atoms with Crippen molar-refractivity contribution in [3.05, 3.63) is 34.4 Å². The van der Waals surface area contributed by atoms with E-state index in [2.05, 4.69) is 4.52 Å². The third-order valence-electron chi connectivity index (χ3n) is 1.32. The van der Waals surface area contributed by atoms with Crippen molar-refractivity contribution in [3.8, 4) is 11.6 Å². The van der Waals surface area contributed by atoms with Gasteiger partial charge in [0.05, 0.1) is 4.92 Å². The molecule has 0 N–H and O–H groups in total. The summed E-state index contributed by atoms with van der Waals surface area (Å²) in [6.45, 7) is 0. The van der Waals surface area contributed by atoms with Crippen molar-refractivity contribution < 1.29 is 14.0 Å². The quantitative estimate of drug-likeness (QED) is 0.434. The number of rotatable bonds is 3. The van der Waals surface area contributed by atoms with Crippen molar-refractivity contribution in [3.63, 3.8) is 0 Å². The minimum atomic E-state index is -2.54. The number of nitro benzene ring substituents is 1. The highest BCUT2D eigenvalue weighted by atomic mass is 31.1. The standard InChI is InChI=1S/C7H4N2O4P/c8-5-14(12)13-7-4-2-1-3-6(7)9(10)11/h1-4H/q+1. The Kier molecular flexibility index (Phi) is 3.10. The highest BCUT2D eigenvalue weighted by Gasteiger charge is 2.25. The number of nitriles is 1. The molecule has 0 heterocycles. The van der Waals surface area contributed by atoms with Crippen LogP contribution in [-0.2, 0) is 4.57 Å². The van der Waals surface area contributed by atoms with Crippen LogP contribution in [0.1, 0.15) is 0 Å². The first-order valence-electron chi connectivity index (χ1n) is 3.43. The molecule has 0 spiro atoms. The third-order valence-corrected chi connectivity index (χ3v) is 1.85. The molecule has 1 aromatic rings. The van der Waals surface area contributed by atoms with E-state index in [0.717, 1.165) is 0 Å². The van der Waals surface area contributed by atoms with Crippen LogP contribution in [0, 0.1) is 21.2 Å². The molecule has 70 valence electrons. The molecular weight excluding hydrogens is 207 g/mol. The molecule has 7 heteroatoms. The number of hydrogen-bond donors (Lipinski definition) is 0. The number of para-hydroxylation sites is 2. The van der Waals surface area contributed by atoms with E-state index in [9.17, 15) is 14.7 Å². The molecule has 0 saturated carbocycles. The number of nitro groups is 1. The van der Waals surface area contributed by atoms with E-state index < -0.39 is 13.0 Å². The SMILES string of the molecule is N#C[P+](=O)Oc1ccccc1[N+](=O)[O-]. The highest BCUT2D eigenvalue weighted by molar-refractivity contribution is 7.45. The second-order valence-electron chi connectivity index (χ2n) is 2.17. The largest absolute Gasteiger partial charge is 0.681 e. The zero-order valence-electron chi connectivity index (χ0n) is 6.78. The lowest BCUT2D eigenvalue weighted by atomic mass is 10.3. The van der Waals surface area contributed by atoms with Crippen LogP contribution in [-0.4, -0.2) is 4.92 Å². The molecule has 14 heavy (non-hydrogen) atoms. The third kappa shape index (κ3) is 2.25. The molecule has 0 aliphatic carbocycles. The number of benzene rings is 1. The maximum atomic E-state index is 10.7. The van der Waals surface area contributed by atoms with E-state index in [1.807, 2.05) is 0 Å². The number of nitrogens with zero attached hydrogens (tertiary/aromatic N) is 2. The van der Waals surface area contributed by atoms with Crippen molar-refractivity contribution >= 4 is 13.7 Å². The van der Waals surface area contributed by atoms with Gasteiger partial charge in [0.15, 0.2) is 0 Å². The molecule has 6 nitrogen and oxygen atoms in total. The predicted molar refractivity (Wildman–Crippen MR) is 46.9 cm³/mol. The summed E-state index contributed by atoms with van der Waals surface area (Å²) in [5, 5.41) is 18.6. The van der Waals surface area contributed by atoms with Crippen LogP contribution < -0.4 is 4.52 Å². The maximum Gasteiger partial charge on any atom is 0.681 e. The minimum Gasteiger partial charge on any atom is -0.258 e. The summed E-state index contributed by atoms with van der Waals surface area (Å²) in [6.07, 6.45) is 0. The predicted octanol–water partition coefficient (Wildman–Crippen LogP) is 2.20. The molecule has 0 aliphatic heterocycles. The van der Waals surface area contributed by atoms with E-state index in [4.69, 9.17) is 5.26 Å². The molecule has 0 radical (unpaired) electrons. The van der Waals surface area contributed by atoms with E-state index >= 15 is 0 Å². The second-order valence-corrected chi connectivity index (χ2v) is 3.07. The molecule has 1 atom stereocenters. The molecule has 1 rings (SSSR count). The zero-order chi connectivity index (χ0) is 10.6. The lowest BCUT2D eigenvalue weighted by Crippen LogP contribution is -1.91. The van der Waals surface area contributed by atoms with Gasteiger partial charge in [-0.15, -0.1) is 5.26 Å². The van der Waals surface area contributed by atoms with Gasteiger partial charge in [-0.1, -0.05) is 12.1 Å². The normalized spacial score (nSPS) is 10.1. The van der Waals surface area contributed by atoms with Crippen LogP contribution in [0.5, 0.6) is 5.75 Å². The summed E-state index contributed by atoms with van der Waals surface area (Å²) in [5.41, 5.74) is -0.314. The first-order chi connectivity index (χ1) is 6.65. The van der Waals surface area contributed by atoms with Crippen LogP contribution in [0.15, 0.2) is 24.3 Å². The van der Waals surface area contributed by atoms with Gasteiger partial charge in [0.2, 0.25) is 0 Å². The fraction of sp³-hybridized carbons (Fsp3) is 0. The smallest absolute Gasteiger partial charge is 0.258 e.